The Morgan fingerprint density at radius 3 is 2.65 bits per heavy atom. The quantitative estimate of drug-likeness (QED) is 0.314. The predicted octanol–water partition coefficient (Wildman–Crippen LogP) is 5.72. The molecule has 0 aliphatic rings. The van der Waals surface area contributed by atoms with Gasteiger partial charge in [-0.15, -0.1) is 10.2 Å². The molecule has 6 nitrogen and oxygen atoms in total. The van der Waals surface area contributed by atoms with E-state index in [1.54, 1.807) is 13.2 Å². The number of hydrogen-bond donors (Lipinski definition) is 1. The molecule has 1 N–H and O–H groups in total. The molecule has 1 unspecified atom stereocenters. The van der Waals surface area contributed by atoms with Gasteiger partial charge in [0.15, 0.2) is 11.0 Å². The van der Waals surface area contributed by atoms with E-state index in [1.165, 1.54) is 11.8 Å². The van der Waals surface area contributed by atoms with Crippen molar-refractivity contribution in [3.63, 3.8) is 0 Å². The molecule has 0 aliphatic heterocycles. The summed E-state index contributed by atoms with van der Waals surface area (Å²) in [5.41, 5.74) is 2.33. The van der Waals surface area contributed by atoms with Crippen LogP contribution in [0.2, 0.25) is 10.0 Å². The summed E-state index contributed by atoms with van der Waals surface area (Å²) in [5.74, 6) is 0.531. The molecular weight excluding hydrogens is 455 g/mol. The summed E-state index contributed by atoms with van der Waals surface area (Å²) >= 11 is 13.9. The first kappa shape index (κ1) is 23.6. The summed E-state index contributed by atoms with van der Waals surface area (Å²) in [6, 6.07) is 12.9. The van der Waals surface area contributed by atoms with Crippen molar-refractivity contribution < 1.29 is 9.53 Å². The lowest BCUT2D eigenvalue weighted by atomic mass is 10.2. The van der Waals surface area contributed by atoms with Gasteiger partial charge in [0.2, 0.25) is 5.91 Å². The fraction of sp³-hybridized carbons (Fsp3) is 0.318. The molecule has 1 amide bonds. The topological polar surface area (TPSA) is 69.0 Å². The number of hydrogen-bond acceptors (Lipinski definition) is 5. The van der Waals surface area contributed by atoms with Crippen molar-refractivity contribution >= 4 is 46.6 Å². The van der Waals surface area contributed by atoms with E-state index in [-0.39, 0.29) is 5.91 Å². The Bertz CT molecular complexity index is 1060. The maximum atomic E-state index is 12.8. The largest absolute Gasteiger partial charge is 0.385 e. The maximum Gasteiger partial charge on any atom is 0.237 e. The summed E-state index contributed by atoms with van der Waals surface area (Å²) in [7, 11) is 1.67. The molecule has 2 aromatic carbocycles. The molecule has 0 fully saturated rings. The van der Waals surface area contributed by atoms with Gasteiger partial charge in [-0.3, -0.25) is 4.79 Å². The van der Waals surface area contributed by atoms with Gasteiger partial charge in [0.25, 0.3) is 0 Å². The van der Waals surface area contributed by atoms with E-state index in [0.717, 1.165) is 17.5 Å². The Kier molecular flexibility index (Phi) is 8.37. The molecule has 1 atom stereocenters. The van der Waals surface area contributed by atoms with E-state index < -0.39 is 5.25 Å². The highest BCUT2D eigenvalue weighted by Gasteiger charge is 2.22. The molecule has 1 aromatic heterocycles. The Morgan fingerprint density at radius 2 is 1.90 bits per heavy atom. The van der Waals surface area contributed by atoms with Gasteiger partial charge in [0, 0.05) is 36.5 Å². The number of nitrogens with zero attached hydrogens (tertiary/aromatic N) is 3. The highest BCUT2D eigenvalue weighted by atomic mass is 35.5. The number of anilines is 1. The van der Waals surface area contributed by atoms with Crippen LogP contribution in [-0.4, -0.2) is 39.6 Å². The molecular formula is C22H24Cl2N4O2S. The molecule has 0 saturated heterocycles. The normalized spacial score (nSPS) is 12.0. The standard InChI is InChI=1S/C22H24Cl2N4O2S/c1-14-17(23)10-6-11-19(14)25-21(29)15(2)31-22-27-26-20(28(22)12-7-13-30-3)16-8-4-5-9-18(16)24/h4-6,8-11,15H,7,12-13H2,1-3H3,(H,25,29). The minimum atomic E-state index is -0.400. The zero-order valence-electron chi connectivity index (χ0n) is 17.6. The second kappa shape index (κ2) is 11.0. The molecule has 0 saturated carbocycles. The SMILES string of the molecule is COCCCn1c(SC(C)C(=O)Nc2cccc(Cl)c2C)nnc1-c1ccccc1Cl. The monoisotopic (exact) mass is 478 g/mol. The summed E-state index contributed by atoms with van der Waals surface area (Å²) in [6.07, 6.45) is 0.780. The number of carbonyl (C=O) groups is 1. The number of nitrogens with one attached hydrogen (secondary N) is 1. The van der Waals surface area contributed by atoms with Gasteiger partial charge in [0.05, 0.1) is 10.3 Å². The third-order valence-corrected chi connectivity index (χ3v) is 6.56. The van der Waals surface area contributed by atoms with Crippen molar-refractivity contribution in [3.05, 3.63) is 58.1 Å². The van der Waals surface area contributed by atoms with Crippen LogP contribution in [0.25, 0.3) is 11.4 Å². The van der Waals surface area contributed by atoms with E-state index in [4.69, 9.17) is 27.9 Å². The van der Waals surface area contributed by atoms with Crippen LogP contribution < -0.4 is 5.32 Å². The van der Waals surface area contributed by atoms with Crippen molar-refractivity contribution in [3.8, 4) is 11.4 Å². The first-order valence-corrected chi connectivity index (χ1v) is 11.5. The van der Waals surface area contributed by atoms with Crippen molar-refractivity contribution in [2.75, 3.05) is 19.0 Å². The van der Waals surface area contributed by atoms with Crippen LogP contribution in [0.5, 0.6) is 0 Å². The third kappa shape index (κ3) is 5.80. The molecule has 31 heavy (non-hydrogen) atoms. The molecule has 0 spiro atoms. The number of methoxy groups -OCH3 is 1. The van der Waals surface area contributed by atoms with E-state index in [1.807, 2.05) is 54.8 Å². The average Bonchev–Trinajstić information content (AvgIpc) is 3.14. The number of rotatable bonds is 9. The minimum absolute atomic E-state index is 0.138. The van der Waals surface area contributed by atoms with Crippen LogP contribution in [0.15, 0.2) is 47.6 Å². The number of amides is 1. The van der Waals surface area contributed by atoms with Crippen molar-refractivity contribution in [1.29, 1.82) is 0 Å². The van der Waals surface area contributed by atoms with Crippen LogP contribution in [0.3, 0.4) is 0 Å². The van der Waals surface area contributed by atoms with Crippen molar-refractivity contribution in [1.82, 2.24) is 14.8 Å². The second-order valence-electron chi connectivity index (χ2n) is 6.95. The Labute approximate surface area is 196 Å². The van der Waals surface area contributed by atoms with E-state index in [9.17, 15) is 4.79 Å². The number of ether oxygens (including phenoxy) is 1. The molecule has 1 heterocycles. The third-order valence-electron chi connectivity index (χ3n) is 4.74. The van der Waals surface area contributed by atoms with Crippen LogP contribution in [0.4, 0.5) is 5.69 Å². The number of thioether (sulfide) groups is 1. The Hall–Kier alpha value is -2.06. The number of aromatic nitrogens is 3. The fourth-order valence-electron chi connectivity index (χ4n) is 2.98. The van der Waals surface area contributed by atoms with Crippen LogP contribution >= 0.6 is 35.0 Å². The zero-order chi connectivity index (χ0) is 22.4. The summed E-state index contributed by atoms with van der Waals surface area (Å²) < 4.78 is 7.18. The smallest absolute Gasteiger partial charge is 0.237 e. The van der Waals surface area contributed by atoms with Crippen LogP contribution in [0.1, 0.15) is 18.9 Å². The summed E-state index contributed by atoms with van der Waals surface area (Å²) in [6.45, 7) is 4.96. The average molecular weight is 479 g/mol. The summed E-state index contributed by atoms with van der Waals surface area (Å²) in [4.78, 5) is 12.8. The van der Waals surface area contributed by atoms with Gasteiger partial charge >= 0.3 is 0 Å². The molecule has 164 valence electrons. The molecule has 0 radical (unpaired) electrons. The molecule has 0 aliphatic carbocycles. The van der Waals surface area contributed by atoms with Crippen molar-refractivity contribution in [2.24, 2.45) is 0 Å². The van der Waals surface area contributed by atoms with E-state index in [2.05, 4.69) is 15.5 Å². The highest BCUT2D eigenvalue weighted by molar-refractivity contribution is 8.00. The number of benzene rings is 2. The van der Waals surface area contributed by atoms with Crippen LogP contribution in [0, 0.1) is 6.92 Å². The van der Waals surface area contributed by atoms with Gasteiger partial charge in [0.1, 0.15) is 0 Å². The second-order valence-corrected chi connectivity index (χ2v) is 9.07. The predicted molar refractivity (Wildman–Crippen MR) is 127 cm³/mol. The number of halogens is 2. The first-order valence-electron chi connectivity index (χ1n) is 9.82. The molecule has 0 bridgehead atoms. The Balaban J connectivity index is 1.82. The van der Waals surface area contributed by atoms with Gasteiger partial charge in [-0.05, 0) is 50.1 Å². The van der Waals surface area contributed by atoms with Crippen LogP contribution in [-0.2, 0) is 16.1 Å². The lowest BCUT2D eigenvalue weighted by Gasteiger charge is -2.15. The minimum Gasteiger partial charge on any atom is -0.385 e. The van der Waals surface area contributed by atoms with E-state index >= 15 is 0 Å². The lowest BCUT2D eigenvalue weighted by molar-refractivity contribution is -0.115. The molecule has 9 heteroatoms. The van der Waals surface area contributed by atoms with Gasteiger partial charge in [-0.25, -0.2) is 0 Å². The van der Waals surface area contributed by atoms with Gasteiger partial charge in [-0.1, -0.05) is 53.2 Å². The molecule has 3 aromatic rings. The zero-order valence-corrected chi connectivity index (χ0v) is 19.9. The van der Waals surface area contributed by atoms with E-state index in [0.29, 0.717) is 39.9 Å². The maximum absolute atomic E-state index is 12.8. The van der Waals surface area contributed by atoms with Gasteiger partial charge < -0.3 is 14.6 Å². The lowest BCUT2D eigenvalue weighted by Crippen LogP contribution is -2.23. The highest BCUT2D eigenvalue weighted by Crippen LogP contribution is 2.31. The van der Waals surface area contributed by atoms with Gasteiger partial charge in [-0.2, -0.15) is 0 Å². The van der Waals surface area contributed by atoms with Crippen molar-refractivity contribution in [2.45, 2.75) is 37.2 Å². The summed E-state index contributed by atoms with van der Waals surface area (Å²) in [5, 5.41) is 13.1. The molecule has 3 rings (SSSR count). The number of carbonyl (C=O) groups excluding carboxylic acids is 1. The first-order chi connectivity index (χ1) is 14.9. The Morgan fingerprint density at radius 1 is 1.16 bits per heavy atom. The fourth-order valence-corrected chi connectivity index (χ4v) is 4.25.